The van der Waals surface area contributed by atoms with Crippen LogP contribution in [-0.4, -0.2) is 33.0 Å². The number of hydrogen-bond acceptors (Lipinski definition) is 5. The lowest BCUT2D eigenvalue weighted by Gasteiger charge is -2.08. The first-order valence-corrected chi connectivity index (χ1v) is 8.44. The van der Waals surface area contributed by atoms with Crippen molar-refractivity contribution < 1.29 is 9.53 Å². The van der Waals surface area contributed by atoms with Gasteiger partial charge in [0.05, 0.1) is 6.61 Å². The number of thioether (sulfide) groups is 1. The summed E-state index contributed by atoms with van der Waals surface area (Å²) in [5.41, 5.74) is 7.54. The van der Waals surface area contributed by atoms with Gasteiger partial charge in [-0.3, -0.25) is 4.79 Å². The number of primary amides is 1. The van der Waals surface area contributed by atoms with Crippen LogP contribution in [0.1, 0.15) is 23.4 Å². The highest BCUT2D eigenvalue weighted by Gasteiger charge is 2.10. The van der Waals surface area contributed by atoms with Gasteiger partial charge in [0, 0.05) is 25.6 Å². The van der Waals surface area contributed by atoms with Crippen molar-refractivity contribution in [2.24, 2.45) is 12.8 Å². The molecule has 6 nitrogen and oxygen atoms in total. The van der Waals surface area contributed by atoms with Crippen molar-refractivity contribution in [1.82, 2.24) is 14.8 Å². The Hall–Kier alpha value is -2.02. The van der Waals surface area contributed by atoms with Gasteiger partial charge in [-0.2, -0.15) is 0 Å². The quantitative estimate of drug-likeness (QED) is 0.590. The third kappa shape index (κ3) is 5.28. The maximum atomic E-state index is 10.8. The van der Waals surface area contributed by atoms with E-state index in [9.17, 15) is 4.79 Å². The molecule has 0 atom stereocenters. The van der Waals surface area contributed by atoms with Crippen molar-refractivity contribution in [2.45, 2.75) is 31.8 Å². The van der Waals surface area contributed by atoms with E-state index in [0.717, 1.165) is 22.5 Å². The maximum absolute atomic E-state index is 10.8. The van der Waals surface area contributed by atoms with E-state index in [1.807, 2.05) is 23.7 Å². The monoisotopic (exact) mass is 334 g/mol. The largest absolute Gasteiger partial charge is 0.493 e. The van der Waals surface area contributed by atoms with E-state index in [4.69, 9.17) is 10.5 Å². The lowest BCUT2D eigenvalue weighted by molar-refractivity contribution is -0.118. The first-order chi connectivity index (χ1) is 11.0. The number of nitrogens with zero attached hydrogens (tertiary/aromatic N) is 3. The lowest BCUT2D eigenvalue weighted by Crippen LogP contribution is -2.13. The summed E-state index contributed by atoms with van der Waals surface area (Å²) in [6.07, 6.45) is 0.797. The second kappa shape index (κ2) is 8.01. The van der Waals surface area contributed by atoms with Crippen LogP contribution in [0.3, 0.4) is 0 Å². The van der Waals surface area contributed by atoms with Gasteiger partial charge in [-0.15, -0.1) is 10.2 Å². The van der Waals surface area contributed by atoms with Crippen molar-refractivity contribution in [3.63, 3.8) is 0 Å². The molecule has 2 aromatic rings. The molecule has 0 aliphatic carbocycles. The highest BCUT2D eigenvalue weighted by Crippen LogP contribution is 2.19. The van der Waals surface area contributed by atoms with Gasteiger partial charge in [0.2, 0.25) is 5.91 Å². The number of aryl methyl sites for hydroxylation is 3. The number of carbonyl (C=O) groups excluding carboxylic acids is 1. The second-order valence-electron chi connectivity index (χ2n) is 5.44. The number of benzene rings is 1. The molecule has 7 heteroatoms. The van der Waals surface area contributed by atoms with Gasteiger partial charge in [0.15, 0.2) is 5.16 Å². The third-order valence-electron chi connectivity index (χ3n) is 3.30. The molecule has 1 amide bonds. The number of ether oxygens (including phenoxy) is 1. The van der Waals surface area contributed by atoms with Crippen molar-refractivity contribution in [3.8, 4) is 5.75 Å². The highest BCUT2D eigenvalue weighted by molar-refractivity contribution is 7.99. The minimum atomic E-state index is -0.330. The Labute approximate surface area is 140 Å². The smallest absolute Gasteiger partial charge is 0.217 e. The average molecular weight is 334 g/mol. The van der Waals surface area contributed by atoms with Crippen molar-refractivity contribution >= 4 is 17.7 Å². The van der Waals surface area contributed by atoms with Gasteiger partial charge < -0.3 is 15.0 Å². The molecule has 0 spiro atoms. The zero-order chi connectivity index (χ0) is 16.8. The minimum Gasteiger partial charge on any atom is -0.493 e. The predicted molar refractivity (Wildman–Crippen MR) is 90.7 cm³/mol. The molecule has 23 heavy (non-hydrogen) atoms. The van der Waals surface area contributed by atoms with Crippen LogP contribution in [0.4, 0.5) is 0 Å². The number of rotatable bonds is 8. The van der Waals surface area contributed by atoms with E-state index < -0.39 is 0 Å². The molecule has 0 saturated heterocycles. The number of amides is 1. The Bertz CT molecular complexity index is 664. The summed E-state index contributed by atoms with van der Waals surface area (Å²) in [4.78, 5) is 10.8. The molecule has 0 radical (unpaired) electrons. The Kier molecular flexibility index (Phi) is 6.04. The van der Waals surface area contributed by atoms with Gasteiger partial charge in [-0.05, 0) is 37.1 Å². The van der Waals surface area contributed by atoms with Crippen LogP contribution in [0.15, 0.2) is 23.4 Å². The molecule has 0 bridgehead atoms. The molecular weight excluding hydrogens is 312 g/mol. The van der Waals surface area contributed by atoms with Crippen LogP contribution in [0.25, 0.3) is 0 Å². The fourth-order valence-electron chi connectivity index (χ4n) is 2.23. The van der Waals surface area contributed by atoms with Crippen LogP contribution in [0.2, 0.25) is 0 Å². The summed E-state index contributed by atoms with van der Waals surface area (Å²) in [7, 11) is 1.89. The fraction of sp³-hybridized carbons (Fsp3) is 0.438. The standard InChI is InChI=1S/C16H22N4O2S/c1-11-8-12(2)10-13(9-11)22-6-7-23-16-19-18-15(20(16)3)5-4-14(17)21/h8-10H,4-7H2,1-3H3,(H2,17,21). The first kappa shape index (κ1) is 17.3. The first-order valence-electron chi connectivity index (χ1n) is 7.46. The molecular formula is C16H22N4O2S. The van der Waals surface area contributed by atoms with Gasteiger partial charge >= 0.3 is 0 Å². The number of nitrogens with two attached hydrogens (primary N) is 1. The molecule has 2 rings (SSSR count). The van der Waals surface area contributed by atoms with E-state index >= 15 is 0 Å². The van der Waals surface area contributed by atoms with Crippen LogP contribution >= 0.6 is 11.8 Å². The molecule has 0 unspecified atom stereocenters. The molecule has 1 heterocycles. The van der Waals surface area contributed by atoms with E-state index in [0.29, 0.717) is 13.0 Å². The zero-order valence-electron chi connectivity index (χ0n) is 13.7. The minimum absolute atomic E-state index is 0.284. The summed E-state index contributed by atoms with van der Waals surface area (Å²) in [5, 5.41) is 9.04. The van der Waals surface area contributed by atoms with E-state index in [-0.39, 0.29) is 12.3 Å². The molecule has 0 fully saturated rings. The summed E-state index contributed by atoms with van der Waals surface area (Å²) in [6, 6.07) is 6.18. The number of aromatic nitrogens is 3. The summed E-state index contributed by atoms with van der Waals surface area (Å²) >= 11 is 1.58. The Morgan fingerprint density at radius 2 is 1.96 bits per heavy atom. The predicted octanol–water partition coefficient (Wildman–Crippen LogP) is 2.02. The van der Waals surface area contributed by atoms with Gasteiger partial charge in [-0.1, -0.05) is 17.8 Å². The van der Waals surface area contributed by atoms with Gasteiger partial charge in [-0.25, -0.2) is 0 Å². The third-order valence-corrected chi connectivity index (χ3v) is 4.28. The van der Waals surface area contributed by atoms with Crippen LogP contribution in [0.5, 0.6) is 5.75 Å². The topological polar surface area (TPSA) is 83.0 Å². The normalized spacial score (nSPS) is 10.7. The molecule has 1 aromatic carbocycles. The molecule has 124 valence electrons. The Morgan fingerprint density at radius 1 is 1.26 bits per heavy atom. The molecule has 0 saturated carbocycles. The average Bonchev–Trinajstić information content (AvgIpc) is 2.81. The summed E-state index contributed by atoms with van der Waals surface area (Å²) in [5.74, 6) is 2.10. The van der Waals surface area contributed by atoms with Gasteiger partial charge in [0.25, 0.3) is 0 Å². The number of hydrogen-bond donors (Lipinski definition) is 1. The van der Waals surface area contributed by atoms with Crippen LogP contribution < -0.4 is 10.5 Å². The zero-order valence-corrected chi connectivity index (χ0v) is 14.5. The molecule has 2 N–H and O–H groups in total. The highest BCUT2D eigenvalue weighted by atomic mass is 32.2. The summed E-state index contributed by atoms with van der Waals surface area (Å²) < 4.78 is 7.67. The van der Waals surface area contributed by atoms with Crippen molar-refractivity contribution in [2.75, 3.05) is 12.4 Å². The Morgan fingerprint density at radius 3 is 2.61 bits per heavy atom. The fourth-order valence-corrected chi connectivity index (χ4v) is 2.98. The molecule has 1 aromatic heterocycles. The second-order valence-corrected chi connectivity index (χ2v) is 6.51. The molecule has 0 aliphatic rings. The van der Waals surface area contributed by atoms with E-state index in [2.05, 4.69) is 30.1 Å². The van der Waals surface area contributed by atoms with Crippen LogP contribution in [0, 0.1) is 13.8 Å². The van der Waals surface area contributed by atoms with Crippen molar-refractivity contribution in [3.05, 3.63) is 35.2 Å². The van der Waals surface area contributed by atoms with E-state index in [1.165, 1.54) is 11.1 Å². The van der Waals surface area contributed by atoms with E-state index in [1.54, 1.807) is 11.8 Å². The van der Waals surface area contributed by atoms with Crippen LogP contribution in [-0.2, 0) is 18.3 Å². The number of carbonyl (C=O) groups is 1. The molecule has 0 aliphatic heterocycles. The van der Waals surface area contributed by atoms with Gasteiger partial charge in [0.1, 0.15) is 11.6 Å². The Balaban J connectivity index is 1.81. The lowest BCUT2D eigenvalue weighted by atomic mass is 10.1. The van der Waals surface area contributed by atoms with Crippen molar-refractivity contribution in [1.29, 1.82) is 0 Å². The SMILES string of the molecule is Cc1cc(C)cc(OCCSc2nnc(CCC(N)=O)n2C)c1. The summed E-state index contributed by atoms with van der Waals surface area (Å²) in [6.45, 7) is 4.71. The maximum Gasteiger partial charge on any atom is 0.217 e.